The molecule has 1 aromatic carbocycles. The molecule has 0 bridgehead atoms. The third kappa shape index (κ3) is 3.67. The van der Waals surface area contributed by atoms with Crippen LogP contribution in [-0.2, 0) is 0 Å². The highest BCUT2D eigenvalue weighted by Gasteiger charge is 2.15. The highest BCUT2D eigenvalue weighted by atomic mass is 15.2. The summed E-state index contributed by atoms with van der Waals surface area (Å²) in [4.78, 5) is 16.2. The lowest BCUT2D eigenvalue weighted by Gasteiger charge is -2.22. The van der Waals surface area contributed by atoms with E-state index in [2.05, 4.69) is 33.4 Å². The van der Waals surface area contributed by atoms with E-state index in [1.807, 2.05) is 36.5 Å². The molecule has 1 saturated heterocycles. The molecule has 0 unspecified atom stereocenters. The van der Waals surface area contributed by atoms with Crippen molar-refractivity contribution in [3.8, 4) is 22.6 Å². The number of rotatable bonds is 3. The van der Waals surface area contributed by atoms with Gasteiger partial charge in [-0.3, -0.25) is 4.98 Å². The van der Waals surface area contributed by atoms with Gasteiger partial charge in [-0.2, -0.15) is 0 Å². The number of anilines is 1. The van der Waals surface area contributed by atoms with E-state index in [9.17, 15) is 0 Å². The van der Waals surface area contributed by atoms with Gasteiger partial charge in [0, 0.05) is 49.2 Å². The summed E-state index contributed by atoms with van der Waals surface area (Å²) in [5, 5.41) is 3.44. The standard InChI is InChI=1S/C20H21N5/c1-2-6-16(7-3-1)18-14-19(25-12-5-10-21-11-13-25)24-20(23-18)17-8-4-9-22-15-17/h1-4,6-9,14-15,21H,5,10-13H2. The summed E-state index contributed by atoms with van der Waals surface area (Å²) in [6.45, 7) is 4.00. The van der Waals surface area contributed by atoms with Crippen LogP contribution in [0.1, 0.15) is 6.42 Å². The minimum Gasteiger partial charge on any atom is -0.355 e. The van der Waals surface area contributed by atoms with Gasteiger partial charge in [-0.15, -0.1) is 0 Å². The highest BCUT2D eigenvalue weighted by molar-refractivity contribution is 5.67. The van der Waals surface area contributed by atoms with Crippen molar-refractivity contribution < 1.29 is 0 Å². The molecule has 0 aliphatic carbocycles. The fourth-order valence-electron chi connectivity index (χ4n) is 3.05. The van der Waals surface area contributed by atoms with Gasteiger partial charge in [-0.1, -0.05) is 30.3 Å². The monoisotopic (exact) mass is 331 g/mol. The van der Waals surface area contributed by atoms with Gasteiger partial charge >= 0.3 is 0 Å². The molecule has 3 aromatic rings. The van der Waals surface area contributed by atoms with Crippen LogP contribution in [0.2, 0.25) is 0 Å². The number of hydrogen-bond acceptors (Lipinski definition) is 5. The minimum atomic E-state index is 0.724. The van der Waals surface area contributed by atoms with Crippen LogP contribution in [0.5, 0.6) is 0 Å². The van der Waals surface area contributed by atoms with E-state index in [0.717, 1.165) is 61.1 Å². The van der Waals surface area contributed by atoms with Crippen molar-refractivity contribution in [3.05, 3.63) is 60.9 Å². The van der Waals surface area contributed by atoms with Crippen LogP contribution in [-0.4, -0.2) is 41.1 Å². The van der Waals surface area contributed by atoms with Gasteiger partial charge in [0.25, 0.3) is 0 Å². The van der Waals surface area contributed by atoms with Crippen LogP contribution in [0.4, 0.5) is 5.82 Å². The van der Waals surface area contributed by atoms with Gasteiger partial charge in [0.2, 0.25) is 0 Å². The van der Waals surface area contributed by atoms with E-state index in [1.165, 1.54) is 0 Å². The maximum absolute atomic E-state index is 4.84. The molecule has 3 heterocycles. The van der Waals surface area contributed by atoms with E-state index in [-0.39, 0.29) is 0 Å². The summed E-state index contributed by atoms with van der Waals surface area (Å²) in [7, 11) is 0. The first-order chi connectivity index (χ1) is 12.4. The lowest BCUT2D eigenvalue weighted by molar-refractivity contribution is 0.724. The molecule has 4 rings (SSSR count). The first kappa shape index (κ1) is 15.7. The van der Waals surface area contributed by atoms with Crippen molar-refractivity contribution in [3.63, 3.8) is 0 Å². The summed E-state index contributed by atoms with van der Waals surface area (Å²) < 4.78 is 0. The fraction of sp³-hybridized carbons (Fsp3) is 0.250. The second kappa shape index (κ2) is 7.40. The summed E-state index contributed by atoms with van der Waals surface area (Å²) >= 11 is 0. The van der Waals surface area contributed by atoms with Crippen LogP contribution in [0, 0.1) is 0 Å². The third-order valence-electron chi connectivity index (χ3n) is 4.37. The fourth-order valence-corrected chi connectivity index (χ4v) is 3.05. The first-order valence-corrected chi connectivity index (χ1v) is 8.71. The van der Waals surface area contributed by atoms with Gasteiger partial charge < -0.3 is 10.2 Å². The van der Waals surface area contributed by atoms with E-state index in [4.69, 9.17) is 9.97 Å². The molecule has 0 saturated carbocycles. The van der Waals surface area contributed by atoms with Crippen LogP contribution >= 0.6 is 0 Å². The number of nitrogens with zero attached hydrogens (tertiary/aromatic N) is 4. The van der Waals surface area contributed by atoms with E-state index in [1.54, 1.807) is 6.20 Å². The average molecular weight is 331 g/mol. The number of hydrogen-bond donors (Lipinski definition) is 1. The number of benzene rings is 1. The van der Waals surface area contributed by atoms with E-state index >= 15 is 0 Å². The molecule has 126 valence electrons. The molecule has 5 heteroatoms. The second-order valence-corrected chi connectivity index (χ2v) is 6.13. The van der Waals surface area contributed by atoms with Crippen LogP contribution in [0.25, 0.3) is 22.6 Å². The molecule has 0 spiro atoms. The summed E-state index contributed by atoms with van der Waals surface area (Å²) in [5.41, 5.74) is 2.99. The predicted octanol–water partition coefficient (Wildman–Crippen LogP) is 3.01. The quantitative estimate of drug-likeness (QED) is 0.799. The minimum absolute atomic E-state index is 0.724. The molecule has 1 aliphatic heterocycles. The zero-order valence-electron chi connectivity index (χ0n) is 14.1. The number of nitrogens with one attached hydrogen (secondary N) is 1. The zero-order valence-corrected chi connectivity index (χ0v) is 14.1. The molecule has 2 aromatic heterocycles. The molecule has 1 N–H and O–H groups in total. The topological polar surface area (TPSA) is 53.9 Å². The Labute approximate surface area is 147 Å². The molecule has 25 heavy (non-hydrogen) atoms. The summed E-state index contributed by atoms with van der Waals surface area (Å²) in [6.07, 6.45) is 4.71. The Bertz CT molecular complexity index is 754. The first-order valence-electron chi connectivity index (χ1n) is 8.71. The van der Waals surface area contributed by atoms with Gasteiger partial charge in [-0.25, -0.2) is 9.97 Å². The molecule has 5 nitrogen and oxygen atoms in total. The van der Waals surface area contributed by atoms with Crippen molar-refractivity contribution in [2.75, 3.05) is 31.1 Å². The Morgan fingerprint density at radius 1 is 0.880 bits per heavy atom. The smallest absolute Gasteiger partial charge is 0.163 e. The van der Waals surface area contributed by atoms with Crippen molar-refractivity contribution in [2.24, 2.45) is 0 Å². The Hall–Kier alpha value is -2.79. The Morgan fingerprint density at radius 3 is 2.60 bits per heavy atom. The average Bonchev–Trinajstić information content (AvgIpc) is 2.99. The SMILES string of the molecule is c1ccc(-c2cc(N3CCCNCC3)nc(-c3cccnc3)n2)cc1. The highest BCUT2D eigenvalue weighted by Crippen LogP contribution is 2.26. The zero-order chi connectivity index (χ0) is 16.9. The Morgan fingerprint density at radius 2 is 1.76 bits per heavy atom. The predicted molar refractivity (Wildman–Crippen MR) is 100 cm³/mol. The van der Waals surface area contributed by atoms with Crippen molar-refractivity contribution in [1.29, 1.82) is 0 Å². The second-order valence-electron chi connectivity index (χ2n) is 6.13. The van der Waals surface area contributed by atoms with Crippen molar-refractivity contribution in [1.82, 2.24) is 20.3 Å². The molecule has 0 atom stereocenters. The number of aromatic nitrogens is 3. The van der Waals surface area contributed by atoms with Crippen molar-refractivity contribution >= 4 is 5.82 Å². The normalized spacial score (nSPS) is 15.0. The largest absolute Gasteiger partial charge is 0.355 e. The lowest BCUT2D eigenvalue weighted by atomic mass is 10.1. The van der Waals surface area contributed by atoms with Crippen LogP contribution < -0.4 is 10.2 Å². The molecule has 1 aliphatic rings. The molecule has 1 fully saturated rings. The van der Waals surface area contributed by atoms with Gasteiger partial charge in [-0.05, 0) is 25.1 Å². The lowest BCUT2D eigenvalue weighted by Crippen LogP contribution is -2.28. The Kier molecular flexibility index (Phi) is 4.65. The third-order valence-corrected chi connectivity index (χ3v) is 4.37. The van der Waals surface area contributed by atoms with E-state index in [0.29, 0.717) is 0 Å². The maximum atomic E-state index is 4.84. The van der Waals surface area contributed by atoms with Crippen LogP contribution in [0.15, 0.2) is 60.9 Å². The molecule has 0 radical (unpaired) electrons. The Balaban J connectivity index is 1.80. The van der Waals surface area contributed by atoms with Gasteiger partial charge in [0.05, 0.1) is 5.69 Å². The van der Waals surface area contributed by atoms with Crippen LogP contribution in [0.3, 0.4) is 0 Å². The molecular weight excluding hydrogens is 310 g/mol. The maximum Gasteiger partial charge on any atom is 0.163 e. The van der Waals surface area contributed by atoms with E-state index < -0.39 is 0 Å². The van der Waals surface area contributed by atoms with Crippen molar-refractivity contribution in [2.45, 2.75) is 6.42 Å². The number of pyridine rings is 1. The van der Waals surface area contributed by atoms with Gasteiger partial charge in [0.15, 0.2) is 5.82 Å². The van der Waals surface area contributed by atoms with Gasteiger partial charge in [0.1, 0.15) is 5.82 Å². The molecule has 0 amide bonds. The summed E-state index contributed by atoms with van der Waals surface area (Å²) in [5.74, 6) is 1.71. The summed E-state index contributed by atoms with van der Waals surface area (Å²) in [6, 6.07) is 16.3. The molecular formula is C20H21N5.